The number of hydrogen-bond acceptors (Lipinski definition) is 5. The van der Waals surface area contributed by atoms with Crippen LogP contribution in [0.2, 0.25) is 5.02 Å². The number of hydrogen-bond donors (Lipinski definition) is 0. The lowest BCUT2D eigenvalue weighted by Gasteiger charge is -2.42. The standard InChI is InChI=1S/C21H21ClFN5O/c1-14-13-27(16-5-3-15(22)4-6-16)9-10-28(14)21-25-19(11-20(29)26(21)2)17-7-8-24-12-18(17)23/h3-8,11-12,14H,9-10,13H2,1-2H3/t14-/m1/s1. The Morgan fingerprint density at radius 1 is 1.17 bits per heavy atom. The highest BCUT2D eigenvalue weighted by Crippen LogP contribution is 2.26. The Morgan fingerprint density at radius 3 is 2.62 bits per heavy atom. The normalized spacial score (nSPS) is 16.9. The quantitative estimate of drug-likeness (QED) is 0.659. The molecule has 0 aliphatic carbocycles. The van der Waals surface area contributed by atoms with Crippen LogP contribution in [0.3, 0.4) is 0 Å². The number of anilines is 2. The second kappa shape index (κ2) is 7.83. The van der Waals surface area contributed by atoms with Crippen LogP contribution in [0.4, 0.5) is 16.0 Å². The van der Waals surface area contributed by atoms with Gasteiger partial charge in [-0.1, -0.05) is 11.6 Å². The lowest BCUT2D eigenvalue weighted by atomic mass is 10.1. The summed E-state index contributed by atoms with van der Waals surface area (Å²) in [5, 5.41) is 0.708. The first kappa shape index (κ1) is 19.4. The largest absolute Gasteiger partial charge is 0.368 e. The molecule has 1 saturated heterocycles. The first-order valence-electron chi connectivity index (χ1n) is 9.39. The number of halogens is 2. The molecule has 1 atom stereocenters. The molecule has 0 N–H and O–H groups in total. The van der Waals surface area contributed by atoms with Gasteiger partial charge in [-0.25, -0.2) is 9.37 Å². The van der Waals surface area contributed by atoms with Gasteiger partial charge in [-0.15, -0.1) is 0 Å². The predicted molar refractivity (Wildman–Crippen MR) is 113 cm³/mol. The lowest BCUT2D eigenvalue weighted by Crippen LogP contribution is -2.53. The van der Waals surface area contributed by atoms with Gasteiger partial charge in [-0.2, -0.15) is 0 Å². The molecule has 4 rings (SSSR count). The molecule has 29 heavy (non-hydrogen) atoms. The summed E-state index contributed by atoms with van der Waals surface area (Å²) in [6.45, 7) is 4.32. The Morgan fingerprint density at radius 2 is 1.93 bits per heavy atom. The molecule has 3 aromatic rings. The molecule has 0 unspecified atom stereocenters. The Balaban J connectivity index is 1.64. The molecule has 3 heterocycles. The van der Waals surface area contributed by atoms with Gasteiger partial charge in [-0.05, 0) is 37.3 Å². The first-order valence-corrected chi connectivity index (χ1v) is 9.77. The van der Waals surface area contributed by atoms with Crippen LogP contribution in [0.5, 0.6) is 0 Å². The summed E-state index contributed by atoms with van der Waals surface area (Å²) in [7, 11) is 1.69. The van der Waals surface area contributed by atoms with E-state index in [1.54, 1.807) is 7.05 Å². The zero-order valence-corrected chi connectivity index (χ0v) is 17.0. The van der Waals surface area contributed by atoms with Crippen LogP contribution < -0.4 is 15.4 Å². The summed E-state index contributed by atoms with van der Waals surface area (Å²) in [4.78, 5) is 25.3. The third-order valence-electron chi connectivity index (χ3n) is 5.24. The van der Waals surface area contributed by atoms with Gasteiger partial charge >= 0.3 is 0 Å². The van der Waals surface area contributed by atoms with Crippen molar-refractivity contribution >= 4 is 23.2 Å². The summed E-state index contributed by atoms with van der Waals surface area (Å²) in [6, 6.07) is 10.8. The molecular formula is C21H21ClFN5O. The van der Waals surface area contributed by atoms with Gasteiger partial charge in [0, 0.05) is 61.3 Å². The van der Waals surface area contributed by atoms with Crippen LogP contribution in [0.25, 0.3) is 11.3 Å². The minimum absolute atomic E-state index is 0.107. The predicted octanol–water partition coefficient (Wildman–Crippen LogP) is 3.35. The smallest absolute Gasteiger partial charge is 0.255 e. The SMILES string of the molecule is C[C@@H]1CN(c2ccc(Cl)cc2)CCN1c1nc(-c2ccncc2F)cc(=O)n1C. The van der Waals surface area contributed by atoms with Crippen molar-refractivity contribution in [3.63, 3.8) is 0 Å². The summed E-state index contributed by atoms with van der Waals surface area (Å²) < 4.78 is 15.7. The monoisotopic (exact) mass is 413 g/mol. The third-order valence-corrected chi connectivity index (χ3v) is 5.49. The number of aromatic nitrogens is 3. The van der Waals surface area contributed by atoms with Crippen LogP contribution in [0.1, 0.15) is 6.92 Å². The van der Waals surface area contributed by atoms with Crippen LogP contribution in [-0.4, -0.2) is 40.2 Å². The maximum Gasteiger partial charge on any atom is 0.255 e. The molecule has 0 saturated carbocycles. The van der Waals surface area contributed by atoms with Gasteiger partial charge in [0.2, 0.25) is 5.95 Å². The van der Waals surface area contributed by atoms with Crippen LogP contribution in [0, 0.1) is 5.82 Å². The summed E-state index contributed by atoms with van der Waals surface area (Å²) in [5.74, 6) is 0.0341. The van der Waals surface area contributed by atoms with E-state index in [1.807, 2.05) is 24.3 Å². The summed E-state index contributed by atoms with van der Waals surface area (Å²) in [5.41, 5.74) is 1.46. The van der Waals surface area contributed by atoms with E-state index in [-0.39, 0.29) is 17.2 Å². The van der Waals surface area contributed by atoms with Gasteiger partial charge < -0.3 is 9.80 Å². The zero-order chi connectivity index (χ0) is 20.5. The maximum absolute atomic E-state index is 14.2. The third kappa shape index (κ3) is 3.82. The van der Waals surface area contributed by atoms with E-state index < -0.39 is 5.82 Å². The fraction of sp³-hybridized carbons (Fsp3) is 0.286. The molecule has 1 aromatic carbocycles. The highest BCUT2D eigenvalue weighted by molar-refractivity contribution is 6.30. The second-order valence-electron chi connectivity index (χ2n) is 7.16. The molecule has 150 valence electrons. The first-order chi connectivity index (χ1) is 13.9. The lowest BCUT2D eigenvalue weighted by molar-refractivity contribution is 0.529. The molecule has 1 fully saturated rings. The number of nitrogens with zero attached hydrogens (tertiary/aromatic N) is 5. The summed E-state index contributed by atoms with van der Waals surface area (Å²) in [6.07, 6.45) is 2.62. The van der Waals surface area contributed by atoms with Gasteiger partial charge in [0.05, 0.1) is 11.9 Å². The number of piperazine rings is 1. The van der Waals surface area contributed by atoms with Crippen molar-refractivity contribution in [2.45, 2.75) is 13.0 Å². The van der Waals surface area contributed by atoms with E-state index in [9.17, 15) is 9.18 Å². The van der Waals surface area contributed by atoms with E-state index in [2.05, 4.69) is 26.7 Å². The van der Waals surface area contributed by atoms with E-state index in [0.29, 0.717) is 23.2 Å². The molecule has 6 nitrogen and oxygen atoms in total. The topological polar surface area (TPSA) is 54.3 Å². The van der Waals surface area contributed by atoms with Gasteiger partial charge in [0.1, 0.15) is 0 Å². The van der Waals surface area contributed by atoms with E-state index in [4.69, 9.17) is 11.6 Å². The highest BCUT2D eigenvalue weighted by Gasteiger charge is 2.27. The fourth-order valence-corrected chi connectivity index (χ4v) is 3.77. The number of benzene rings is 1. The molecule has 0 radical (unpaired) electrons. The molecule has 8 heteroatoms. The van der Waals surface area contributed by atoms with Crippen molar-refractivity contribution < 1.29 is 4.39 Å². The van der Waals surface area contributed by atoms with E-state index in [0.717, 1.165) is 25.0 Å². The molecular weight excluding hydrogens is 393 g/mol. The molecule has 0 spiro atoms. The Labute approximate surface area is 173 Å². The van der Waals surface area contributed by atoms with E-state index >= 15 is 0 Å². The minimum atomic E-state index is -0.500. The minimum Gasteiger partial charge on any atom is -0.368 e. The van der Waals surface area contributed by atoms with Crippen LogP contribution >= 0.6 is 11.6 Å². The fourth-order valence-electron chi connectivity index (χ4n) is 3.65. The molecule has 1 aliphatic rings. The Kier molecular flexibility index (Phi) is 5.24. The second-order valence-corrected chi connectivity index (χ2v) is 7.60. The molecule has 1 aliphatic heterocycles. The maximum atomic E-state index is 14.2. The Bertz CT molecular complexity index is 1090. The molecule has 2 aromatic heterocycles. The van der Waals surface area contributed by atoms with Gasteiger partial charge in [0.25, 0.3) is 5.56 Å². The van der Waals surface area contributed by atoms with Crippen molar-refractivity contribution in [3.8, 4) is 11.3 Å². The van der Waals surface area contributed by atoms with Crippen LogP contribution in [-0.2, 0) is 7.05 Å². The molecule has 0 bridgehead atoms. The molecule has 0 amide bonds. The average Bonchev–Trinajstić information content (AvgIpc) is 2.71. The average molecular weight is 414 g/mol. The number of rotatable bonds is 3. The van der Waals surface area contributed by atoms with E-state index in [1.165, 1.54) is 22.9 Å². The summed E-state index contributed by atoms with van der Waals surface area (Å²) >= 11 is 5.99. The Hall–Kier alpha value is -2.93. The van der Waals surface area contributed by atoms with Crippen LogP contribution in [0.15, 0.2) is 53.6 Å². The van der Waals surface area contributed by atoms with Gasteiger partial charge in [0.15, 0.2) is 5.82 Å². The van der Waals surface area contributed by atoms with Crippen molar-refractivity contribution in [1.29, 1.82) is 0 Å². The number of pyridine rings is 1. The highest BCUT2D eigenvalue weighted by atomic mass is 35.5. The van der Waals surface area contributed by atoms with Gasteiger partial charge in [-0.3, -0.25) is 14.3 Å². The van der Waals surface area contributed by atoms with Crippen molar-refractivity contribution in [1.82, 2.24) is 14.5 Å². The van der Waals surface area contributed by atoms with Crippen molar-refractivity contribution in [2.24, 2.45) is 7.05 Å². The van der Waals surface area contributed by atoms with Crippen molar-refractivity contribution in [3.05, 3.63) is 70.0 Å². The zero-order valence-electron chi connectivity index (χ0n) is 16.2. The van der Waals surface area contributed by atoms with Crippen molar-refractivity contribution in [2.75, 3.05) is 29.4 Å².